The maximum atomic E-state index is 11.4. The van der Waals surface area contributed by atoms with Gasteiger partial charge in [-0.25, -0.2) is 4.79 Å². The fourth-order valence-electron chi connectivity index (χ4n) is 2.46. The van der Waals surface area contributed by atoms with E-state index < -0.39 is 6.03 Å². The van der Waals surface area contributed by atoms with Crippen LogP contribution in [0.5, 0.6) is 0 Å². The van der Waals surface area contributed by atoms with Gasteiger partial charge in [0.2, 0.25) is 0 Å². The Morgan fingerprint density at radius 3 is 2.82 bits per heavy atom. The van der Waals surface area contributed by atoms with Crippen molar-refractivity contribution >= 4 is 11.7 Å². The molecule has 0 radical (unpaired) electrons. The Hall–Kier alpha value is -1.55. The van der Waals surface area contributed by atoms with Crippen LogP contribution in [0.25, 0.3) is 0 Å². The van der Waals surface area contributed by atoms with Gasteiger partial charge in [-0.2, -0.15) is 0 Å². The minimum Gasteiger partial charge on any atom is -0.395 e. The van der Waals surface area contributed by atoms with Crippen LogP contribution in [0.15, 0.2) is 18.2 Å². The minimum atomic E-state index is -0.502. The van der Waals surface area contributed by atoms with E-state index >= 15 is 0 Å². The molecule has 1 aromatic rings. The molecule has 0 fully saturated rings. The molecule has 0 unspecified atom stereocenters. The fraction of sp³-hybridized carbons (Fsp3) is 0.462. The van der Waals surface area contributed by atoms with Gasteiger partial charge >= 0.3 is 6.03 Å². The molecule has 0 aliphatic heterocycles. The zero-order valence-electron chi connectivity index (χ0n) is 9.85. The lowest BCUT2D eigenvalue weighted by molar-refractivity contribution is 0.249. The Labute approximate surface area is 101 Å². The molecule has 0 saturated carbocycles. The van der Waals surface area contributed by atoms with Crippen molar-refractivity contribution in [2.24, 2.45) is 5.73 Å². The molecule has 1 aromatic carbocycles. The third-order valence-electron chi connectivity index (χ3n) is 3.25. The number of nitrogens with zero attached hydrogens (tertiary/aromatic N) is 1. The lowest BCUT2D eigenvalue weighted by Gasteiger charge is -2.26. The molecule has 4 heteroatoms. The number of aliphatic hydroxyl groups is 1. The third-order valence-corrected chi connectivity index (χ3v) is 3.25. The number of carbonyl (C=O) groups excluding carboxylic acids is 1. The highest BCUT2D eigenvalue weighted by Crippen LogP contribution is 2.30. The summed E-state index contributed by atoms with van der Waals surface area (Å²) in [6, 6.07) is 5.46. The summed E-state index contributed by atoms with van der Waals surface area (Å²) < 4.78 is 0. The second-order valence-corrected chi connectivity index (χ2v) is 4.34. The molecule has 0 heterocycles. The van der Waals surface area contributed by atoms with Gasteiger partial charge in [0.25, 0.3) is 0 Å². The number of urea groups is 1. The Morgan fingerprint density at radius 1 is 1.35 bits per heavy atom. The van der Waals surface area contributed by atoms with Crippen molar-refractivity contribution in [3.8, 4) is 0 Å². The Kier molecular flexibility index (Phi) is 3.64. The van der Waals surface area contributed by atoms with Crippen molar-refractivity contribution in [3.63, 3.8) is 0 Å². The maximum Gasteiger partial charge on any atom is 0.319 e. The van der Waals surface area contributed by atoms with E-state index in [-0.39, 0.29) is 13.2 Å². The van der Waals surface area contributed by atoms with Gasteiger partial charge in [-0.1, -0.05) is 12.1 Å². The summed E-state index contributed by atoms with van der Waals surface area (Å²) >= 11 is 0. The number of aliphatic hydroxyl groups excluding tert-OH is 1. The molecule has 0 aromatic heterocycles. The number of nitrogens with two attached hydrogens (primary N) is 1. The smallest absolute Gasteiger partial charge is 0.319 e. The van der Waals surface area contributed by atoms with Gasteiger partial charge in [0, 0.05) is 5.69 Å². The van der Waals surface area contributed by atoms with E-state index in [1.807, 2.05) is 12.1 Å². The summed E-state index contributed by atoms with van der Waals surface area (Å²) in [4.78, 5) is 12.9. The van der Waals surface area contributed by atoms with Crippen LogP contribution in [0.1, 0.15) is 24.0 Å². The van der Waals surface area contributed by atoms with Crippen LogP contribution in [0.4, 0.5) is 10.5 Å². The molecule has 2 rings (SSSR count). The van der Waals surface area contributed by atoms with E-state index in [2.05, 4.69) is 6.07 Å². The van der Waals surface area contributed by atoms with E-state index in [1.54, 1.807) is 0 Å². The second kappa shape index (κ2) is 5.19. The first-order chi connectivity index (χ1) is 8.24. The number of hydrogen-bond donors (Lipinski definition) is 2. The molecule has 17 heavy (non-hydrogen) atoms. The summed E-state index contributed by atoms with van der Waals surface area (Å²) in [7, 11) is 0. The average Bonchev–Trinajstić information content (AvgIpc) is 2.35. The molecule has 2 amide bonds. The van der Waals surface area contributed by atoms with Gasteiger partial charge in [-0.15, -0.1) is 0 Å². The van der Waals surface area contributed by atoms with Gasteiger partial charge < -0.3 is 10.8 Å². The molecule has 4 nitrogen and oxygen atoms in total. The molecule has 0 spiro atoms. The number of fused-ring (bicyclic) bond motifs is 1. The van der Waals surface area contributed by atoms with Gasteiger partial charge in [0.1, 0.15) is 0 Å². The highest BCUT2D eigenvalue weighted by Gasteiger charge is 2.19. The number of aryl methyl sites for hydroxylation is 1. The standard InChI is InChI=1S/C13H18N2O2/c14-13(17)15(8-9-16)12-7-3-5-10-4-1-2-6-11(10)12/h3,5,7,16H,1-2,4,6,8-9H2,(H2,14,17). The molecule has 1 aliphatic rings. The summed E-state index contributed by atoms with van der Waals surface area (Å²) in [6.45, 7) is 0.179. The Morgan fingerprint density at radius 2 is 2.12 bits per heavy atom. The largest absolute Gasteiger partial charge is 0.395 e. The topological polar surface area (TPSA) is 66.6 Å². The third kappa shape index (κ3) is 2.42. The molecule has 1 aliphatic carbocycles. The number of hydrogen-bond acceptors (Lipinski definition) is 2. The lowest BCUT2D eigenvalue weighted by atomic mass is 9.90. The number of anilines is 1. The lowest BCUT2D eigenvalue weighted by Crippen LogP contribution is -2.38. The van der Waals surface area contributed by atoms with Crippen molar-refractivity contribution in [3.05, 3.63) is 29.3 Å². The summed E-state index contributed by atoms with van der Waals surface area (Å²) in [5.41, 5.74) is 8.75. The molecule has 0 atom stereocenters. The Balaban J connectivity index is 2.39. The fourth-order valence-corrected chi connectivity index (χ4v) is 2.46. The molecule has 92 valence electrons. The zero-order chi connectivity index (χ0) is 12.3. The summed E-state index contributed by atoms with van der Waals surface area (Å²) in [6.07, 6.45) is 4.40. The van der Waals surface area contributed by atoms with Gasteiger partial charge in [-0.05, 0) is 42.9 Å². The van der Waals surface area contributed by atoms with Gasteiger partial charge in [0.15, 0.2) is 0 Å². The second-order valence-electron chi connectivity index (χ2n) is 4.34. The van der Waals surface area contributed by atoms with Crippen molar-refractivity contribution in [2.75, 3.05) is 18.1 Å². The average molecular weight is 234 g/mol. The minimum absolute atomic E-state index is 0.0768. The highest BCUT2D eigenvalue weighted by molar-refractivity contribution is 5.91. The predicted molar refractivity (Wildman–Crippen MR) is 67.1 cm³/mol. The van der Waals surface area contributed by atoms with Crippen LogP contribution >= 0.6 is 0 Å². The number of rotatable bonds is 3. The predicted octanol–water partition coefficient (Wildman–Crippen LogP) is 1.44. The quantitative estimate of drug-likeness (QED) is 0.831. The first-order valence-electron chi connectivity index (χ1n) is 6.02. The SMILES string of the molecule is NC(=O)N(CCO)c1cccc2c1CCCC2. The van der Waals surface area contributed by atoms with Crippen molar-refractivity contribution in [2.45, 2.75) is 25.7 Å². The molecule has 3 N–H and O–H groups in total. The van der Waals surface area contributed by atoms with Crippen LogP contribution in [-0.4, -0.2) is 24.3 Å². The highest BCUT2D eigenvalue weighted by atomic mass is 16.3. The summed E-state index contributed by atoms with van der Waals surface area (Å²) in [5.74, 6) is 0. The van der Waals surface area contributed by atoms with Gasteiger partial charge in [0.05, 0.1) is 13.2 Å². The van der Waals surface area contributed by atoms with Crippen LogP contribution in [0.2, 0.25) is 0 Å². The molecule has 0 saturated heterocycles. The number of primary amides is 1. The molecule has 0 bridgehead atoms. The van der Waals surface area contributed by atoms with Gasteiger partial charge in [-0.3, -0.25) is 4.90 Å². The van der Waals surface area contributed by atoms with E-state index in [0.29, 0.717) is 0 Å². The van der Waals surface area contributed by atoms with E-state index in [9.17, 15) is 4.79 Å². The number of carbonyl (C=O) groups is 1. The zero-order valence-corrected chi connectivity index (χ0v) is 9.85. The number of amides is 2. The molecular weight excluding hydrogens is 216 g/mol. The van der Waals surface area contributed by atoms with Crippen LogP contribution < -0.4 is 10.6 Å². The van der Waals surface area contributed by atoms with E-state index in [4.69, 9.17) is 10.8 Å². The van der Waals surface area contributed by atoms with Crippen LogP contribution in [0.3, 0.4) is 0 Å². The van der Waals surface area contributed by atoms with Crippen molar-refractivity contribution in [1.82, 2.24) is 0 Å². The van der Waals surface area contributed by atoms with Crippen molar-refractivity contribution in [1.29, 1.82) is 0 Å². The molecular formula is C13H18N2O2. The normalized spacial score (nSPS) is 14.2. The first kappa shape index (κ1) is 11.9. The summed E-state index contributed by atoms with van der Waals surface area (Å²) in [5, 5.41) is 9.00. The first-order valence-corrected chi connectivity index (χ1v) is 6.02. The van der Waals surface area contributed by atoms with Crippen molar-refractivity contribution < 1.29 is 9.90 Å². The van der Waals surface area contributed by atoms with E-state index in [0.717, 1.165) is 24.9 Å². The monoisotopic (exact) mass is 234 g/mol. The number of benzene rings is 1. The van der Waals surface area contributed by atoms with Crippen LogP contribution in [-0.2, 0) is 12.8 Å². The maximum absolute atomic E-state index is 11.4. The van der Waals surface area contributed by atoms with E-state index in [1.165, 1.54) is 22.4 Å². The van der Waals surface area contributed by atoms with Crippen LogP contribution in [0, 0.1) is 0 Å². The Bertz CT molecular complexity index is 418.